The third-order valence-corrected chi connectivity index (χ3v) is 4.31. The SMILES string of the molecule is CC(=O)Nc1cc(NC(=O)NC(CO)Cc2c[nH]c3ccccc23)c(F)cc1F. The molecule has 29 heavy (non-hydrogen) atoms. The number of aliphatic hydroxyl groups is 1. The summed E-state index contributed by atoms with van der Waals surface area (Å²) < 4.78 is 27.7. The van der Waals surface area contributed by atoms with Crippen molar-refractivity contribution in [3.8, 4) is 0 Å². The Bertz CT molecular complexity index is 1050. The van der Waals surface area contributed by atoms with Gasteiger partial charge in [-0.15, -0.1) is 0 Å². The maximum atomic E-state index is 14.0. The molecule has 2 aromatic carbocycles. The second-order valence-corrected chi connectivity index (χ2v) is 6.53. The molecule has 0 aliphatic rings. The van der Waals surface area contributed by atoms with Gasteiger partial charge in [0.25, 0.3) is 0 Å². The molecule has 3 amide bonds. The largest absolute Gasteiger partial charge is 0.394 e. The molecule has 0 bridgehead atoms. The molecule has 0 fully saturated rings. The molecule has 0 radical (unpaired) electrons. The Morgan fingerprint density at radius 1 is 1.10 bits per heavy atom. The maximum absolute atomic E-state index is 14.0. The van der Waals surface area contributed by atoms with Crippen LogP contribution in [0.25, 0.3) is 10.9 Å². The summed E-state index contributed by atoms with van der Waals surface area (Å²) in [6, 6.07) is 7.76. The molecule has 152 valence electrons. The Labute approximate surface area is 165 Å². The fourth-order valence-corrected chi connectivity index (χ4v) is 3.00. The number of carbonyl (C=O) groups is 2. The standard InChI is InChI=1S/C20H20F2N4O3/c1-11(28)24-18-8-19(16(22)7-15(18)21)26-20(29)25-13(10-27)6-12-9-23-17-5-3-2-4-14(12)17/h2-5,7-9,13,23,27H,6,10H2,1H3,(H,24,28)(H2,25,26,29). The number of nitrogens with one attached hydrogen (secondary N) is 4. The summed E-state index contributed by atoms with van der Waals surface area (Å²) in [7, 11) is 0. The lowest BCUT2D eigenvalue weighted by atomic mass is 10.1. The fourth-order valence-electron chi connectivity index (χ4n) is 3.00. The molecule has 9 heteroatoms. The average Bonchev–Trinajstić information content (AvgIpc) is 3.07. The first-order chi connectivity index (χ1) is 13.9. The zero-order chi connectivity index (χ0) is 21.0. The van der Waals surface area contributed by atoms with Crippen LogP contribution in [0.15, 0.2) is 42.6 Å². The number of fused-ring (bicyclic) bond motifs is 1. The molecule has 0 spiro atoms. The number of halogens is 2. The van der Waals surface area contributed by atoms with E-state index in [-0.39, 0.29) is 18.0 Å². The third-order valence-electron chi connectivity index (χ3n) is 4.31. The first kappa shape index (κ1) is 20.3. The van der Waals surface area contributed by atoms with E-state index in [1.54, 1.807) is 6.20 Å². The van der Waals surface area contributed by atoms with Gasteiger partial charge < -0.3 is 26.0 Å². The maximum Gasteiger partial charge on any atom is 0.319 e. The van der Waals surface area contributed by atoms with E-state index in [1.807, 2.05) is 24.3 Å². The number of carbonyl (C=O) groups excluding carboxylic acids is 2. The van der Waals surface area contributed by atoms with Gasteiger partial charge in [-0.2, -0.15) is 0 Å². The van der Waals surface area contributed by atoms with Crippen molar-refractivity contribution >= 4 is 34.2 Å². The van der Waals surface area contributed by atoms with Gasteiger partial charge in [-0.3, -0.25) is 4.79 Å². The molecule has 3 rings (SSSR count). The molecule has 3 aromatic rings. The van der Waals surface area contributed by atoms with Crippen molar-refractivity contribution in [1.82, 2.24) is 10.3 Å². The zero-order valence-electron chi connectivity index (χ0n) is 15.6. The van der Waals surface area contributed by atoms with E-state index in [4.69, 9.17) is 0 Å². The minimum Gasteiger partial charge on any atom is -0.394 e. The minimum absolute atomic E-state index is 0.258. The second-order valence-electron chi connectivity index (χ2n) is 6.53. The number of amides is 3. The topological polar surface area (TPSA) is 106 Å². The molecule has 0 saturated carbocycles. The van der Waals surface area contributed by atoms with Crippen LogP contribution in [0.5, 0.6) is 0 Å². The summed E-state index contributed by atoms with van der Waals surface area (Å²) in [6.07, 6.45) is 2.14. The lowest BCUT2D eigenvalue weighted by Gasteiger charge is -2.17. The van der Waals surface area contributed by atoms with Gasteiger partial charge in [-0.1, -0.05) is 18.2 Å². The molecule has 1 unspecified atom stereocenters. The predicted molar refractivity (Wildman–Crippen MR) is 106 cm³/mol. The minimum atomic E-state index is -0.996. The van der Waals surface area contributed by atoms with Crippen LogP contribution < -0.4 is 16.0 Å². The average molecular weight is 402 g/mol. The Hall–Kier alpha value is -3.46. The molecular weight excluding hydrogens is 382 g/mol. The van der Waals surface area contributed by atoms with Crippen molar-refractivity contribution in [2.45, 2.75) is 19.4 Å². The highest BCUT2D eigenvalue weighted by Gasteiger charge is 2.17. The Balaban J connectivity index is 1.69. The van der Waals surface area contributed by atoms with Crippen molar-refractivity contribution in [2.75, 3.05) is 17.2 Å². The summed E-state index contributed by atoms with van der Waals surface area (Å²) in [5.74, 6) is -2.50. The van der Waals surface area contributed by atoms with E-state index < -0.39 is 29.6 Å². The predicted octanol–water partition coefficient (Wildman–Crippen LogP) is 3.13. The van der Waals surface area contributed by atoms with Gasteiger partial charge >= 0.3 is 6.03 Å². The number of urea groups is 1. The van der Waals surface area contributed by atoms with Gasteiger partial charge in [0.05, 0.1) is 24.0 Å². The molecule has 5 N–H and O–H groups in total. The number of anilines is 2. The second kappa shape index (κ2) is 8.70. The summed E-state index contributed by atoms with van der Waals surface area (Å²) in [5.41, 5.74) is 1.27. The van der Waals surface area contributed by atoms with E-state index in [0.29, 0.717) is 12.5 Å². The highest BCUT2D eigenvalue weighted by atomic mass is 19.1. The summed E-state index contributed by atoms with van der Waals surface area (Å²) in [6.45, 7) is 0.842. The van der Waals surface area contributed by atoms with E-state index in [2.05, 4.69) is 20.9 Å². The molecule has 1 aromatic heterocycles. The van der Waals surface area contributed by atoms with Gasteiger partial charge in [0, 0.05) is 30.1 Å². The summed E-state index contributed by atoms with van der Waals surface area (Å²) in [4.78, 5) is 26.5. The number of aromatic amines is 1. The van der Waals surface area contributed by atoms with Crippen LogP contribution in [-0.2, 0) is 11.2 Å². The van der Waals surface area contributed by atoms with Gasteiger partial charge in [-0.25, -0.2) is 13.6 Å². The van der Waals surface area contributed by atoms with Crippen molar-refractivity contribution in [3.05, 3.63) is 59.8 Å². The number of hydrogen-bond acceptors (Lipinski definition) is 3. The van der Waals surface area contributed by atoms with Crippen molar-refractivity contribution in [2.24, 2.45) is 0 Å². The lowest BCUT2D eigenvalue weighted by Crippen LogP contribution is -2.41. The van der Waals surface area contributed by atoms with Crippen LogP contribution in [0.4, 0.5) is 25.0 Å². The van der Waals surface area contributed by atoms with Crippen molar-refractivity contribution < 1.29 is 23.5 Å². The van der Waals surface area contributed by atoms with E-state index >= 15 is 0 Å². The summed E-state index contributed by atoms with van der Waals surface area (Å²) in [5, 5.41) is 17.6. The Morgan fingerprint density at radius 3 is 2.48 bits per heavy atom. The Morgan fingerprint density at radius 2 is 1.79 bits per heavy atom. The molecule has 7 nitrogen and oxygen atoms in total. The van der Waals surface area contributed by atoms with Crippen molar-refractivity contribution in [1.29, 1.82) is 0 Å². The summed E-state index contributed by atoms with van der Waals surface area (Å²) >= 11 is 0. The highest BCUT2D eigenvalue weighted by Crippen LogP contribution is 2.24. The smallest absolute Gasteiger partial charge is 0.319 e. The van der Waals surface area contributed by atoms with Crippen LogP contribution >= 0.6 is 0 Å². The van der Waals surface area contributed by atoms with Gasteiger partial charge in [0.1, 0.15) is 11.6 Å². The van der Waals surface area contributed by atoms with Gasteiger partial charge in [0.2, 0.25) is 5.91 Å². The van der Waals surface area contributed by atoms with E-state index in [1.165, 1.54) is 6.92 Å². The number of para-hydroxylation sites is 1. The van der Waals surface area contributed by atoms with Crippen LogP contribution in [-0.4, -0.2) is 34.7 Å². The van der Waals surface area contributed by atoms with E-state index in [9.17, 15) is 23.5 Å². The van der Waals surface area contributed by atoms with Gasteiger partial charge in [0.15, 0.2) is 0 Å². The number of H-pyrrole nitrogens is 1. The number of aliphatic hydroxyl groups excluding tert-OH is 1. The van der Waals surface area contributed by atoms with Crippen LogP contribution in [0.3, 0.4) is 0 Å². The monoisotopic (exact) mass is 402 g/mol. The number of benzene rings is 2. The lowest BCUT2D eigenvalue weighted by molar-refractivity contribution is -0.114. The third kappa shape index (κ3) is 4.88. The molecule has 0 saturated heterocycles. The first-order valence-electron chi connectivity index (χ1n) is 8.87. The van der Waals surface area contributed by atoms with E-state index in [0.717, 1.165) is 22.5 Å². The zero-order valence-corrected chi connectivity index (χ0v) is 15.6. The highest BCUT2D eigenvalue weighted by molar-refractivity contribution is 5.93. The number of hydrogen-bond donors (Lipinski definition) is 5. The molecule has 1 atom stereocenters. The number of rotatable bonds is 6. The van der Waals surface area contributed by atoms with Crippen molar-refractivity contribution in [3.63, 3.8) is 0 Å². The number of aromatic nitrogens is 1. The van der Waals surface area contributed by atoms with Crippen LogP contribution in [0, 0.1) is 11.6 Å². The first-order valence-corrected chi connectivity index (χ1v) is 8.87. The molecular formula is C20H20F2N4O3. The molecule has 0 aliphatic heterocycles. The molecule has 1 heterocycles. The molecule has 0 aliphatic carbocycles. The fraction of sp³-hybridized carbons (Fsp3) is 0.200. The normalized spacial score (nSPS) is 11.9. The van der Waals surface area contributed by atoms with Crippen LogP contribution in [0.1, 0.15) is 12.5 Å². The van der Waals surface area contributed by atoms with Gasteiger partial charge in [-0.05, 0) is 24.1 Å². The quantitative estimate of drug-likeness (QED) is 0.437. The van der Waals surface area contributed by atoms with Crippen LogP contribution in [0.2, 0.25) is 0 Å². The Kier molecular flexibility index (Phi) is 6.08.